The van der Waals surface area contributed by atoms with Crippen molar-refractivity contribution in [2.45, 2.75) is 26.7 Å². The van der Waals surface area contributed by atoms with Gasteiger partial charge in [-0.15, -0.1) is 0 Å². The zero-order chi connectivity index (χ0) is 17.4. The molecule has 0 unspecified atom stereocenters. The Hall–Kier alpha value is -2.14. The summed E-state index contributed by atoms with van der Waals surface area (Å²) in [6, 6.07) is 7.76. The van der Waals surface area contributed by atoms with E-state index in [0.29, 0.717) is 24.0 Å². The second kappa shape index (κ2) is 9.23. The van der Waals surface area contributed by atoms with Crippen molar-refractivity contribution in [3.05, 3.63) is 52.9 Å². The van der Waals surface area contributed by atoms with Gasteiger partial charge < -0.3 is 10.6 Å². The van der Waals surface area contributed by atoms with E-state index in [9.17, 15) is 4.79 Å². The van der Waals surface area contributed by atoms with Crippen molar-refractivity contribution in [1.29, 1.82) is 0 Å². The Kier molecular flexibility index (Phi) is 7.00. The lowest BCUT2D eigenvalue weighted by atomic mass is 10.1. The molecule has 0 aliphatic heterocycles. The summed E-state index contributed by atoms with van der Waals surface area (Å²) in [5, 5.41) is 6.78. The molecule has 1 aromatic heterocycles. The number of halogens is 1. The van der Waals surface area contributed by atoms with Crippen LogP contribution in [-0.4, -0.2) is 29.0 Å². The van der Waals surface area contributed by atoms with Crippen molar-refractivity contribution in [3.63, 3.8) is 0 Å². The van der Waals surface area contributed by atoms with Gasteiger partial charge in [-0.1, -0.05) is 37.6 Å². The molecule has 0 aliphatic rings. The molecular formula is C18H23ClN4O. The van der Waals surface area contributed by atoms with Gasteiger partial charge in [0.15, 0.2) is 0 Å². The molecule has 0 spiro atoms. The van der Waals surface area contributed by atoms with Gasteiger partial charge in [0, 0.05) is 18.1 Å². The molecule has 0 radical (unpaired) electrons. The van der Waals surface area contributed by atoms with Crippen molar-refractivity contribution in [3.8, 4) is 0 Å². The van der Waals surface area contributed by atoms with Gasteiger partial charge in [0.05, 0.1) is 12.4 Å². The van der Waals surface area contributed by atoms with E-state index >= 15 is 0 Å². The Morgan fingerprint density at radius 3 is 2.50 bits per heavy atom. The molecule has 2 rings (SSSR count). The molecular weight excluding hydrogens is 324 g/mol. The highest BCUT2D eigenvalue weighted by molar-refractivity contribution is 6.30. The van der Waals surface area contributed by atoms with Crippen LogP contribution in [0.2, 0.25) is 5.02 Å². The van der Waals surface area contributed by atoms with Crippen LogP contribution in [-0.2, 0) is 6.42 Å². The Morgan fingerprint density at radius 2 is 1.88 bits per heavy atom. The summed E-state index contributed by atoms with van der Waals surface area (Å²) in [7, 11) is 0. The summed E-state index contributed by atoms with van der Waals surface area (Å²) in [5.41, 5.74) is 1.53. The van der Waals surface area contributed by atoms with Gasteiger partial charge in [-0.2, -0.15) is 0 Å². The second-order valence-electron chi connectivity index (χ2n) is 6.03. The summed E-state index contributed by atoms with van der Waals surface area (Å²) in [4.78, 5) is 20.3. The van der Waals surface area contributed by atoms with Gasteiger partial charge in [0.25, 0.3) is 5.91 Å². The van der Waals surface area contributed by atoms with Crippen molar-refractivity contribution in [2.24, 2.45) is 5.92 Å². The minimum Gasteiger partial charge on any atom is -0.368 e. The van der Waals surface area contributed by atoms with Gasteiger partial charge in [-0.3, -0.25) is 4.79 Å². The quantitative estimate of drug-likeness (QED) is 0.767. The molecule has 2 N–H and O–H groups in total. The normalized spacial score (nSPS) is 10.7. The Morgan fingerprint density at radius 1 is 1.12 bits per heavy atom. The molecule has 0 saturated carbocycles. The first-order valence-electron chi connectivity index (χ1n) is 8.13. The van der Waals surface area contributed by atoms with Gasteiger partial charge >= 0.3 is 0 Å². The smallest absolute Gasteiger partial charge is 0.271 e. The number of aromatic nitrogens is 2. The Balaban J connectivity index is 1.77. The molecule has 0 bridgehead atoms. The molecule has 1 aromatic carbocycles. The Bertz CT molecular complexity index is 641. The van der Waals surface area contributed by atoms with Crippen LogP contribution >= 0.6 is 11.6 Å². The first-order valence-corrected chi connectivity index (χ1v) is 8.51. The van der Waals surface area contributed by atoms with E-state index in [1.165, 1.54) is 11.8 Å². The number of carbonyl (C=O) groups is 1. The maximum Gasteiger partial charge on any atom is 0.271 e. The van der Waals surface area contributed by atoms with Gasteiger partial charge in [-0.05, 0) is 36.5 Å². The zero-order valence-electron chi connectivity index (χ0n) is 14.1. The van der Waals surface area contributed by atoms with Crippen molar-refractivity contribution in [1.82, 2.24) is 15.3 Å². The molecule has 0 fully saturated rings. The molecule has 2 aromatic rings. The lowest BCUT2D eigenvalue weighted by molar-refractivity contribution is 0.0946. The van der Waals surface area contributed by atoms with Crippen LogP contribution in [0.4, 0.5) is 5.82 Å². The second-order valence-corrected chi connectivity index (χ2v) is 6.46. The molecule has 5 nitrogen and oxygen atoms in total. The lowest BCUT2D eigenvalue weighted by Gasteiger charge is -2.08. The van der Waals surface area contributed by atoms with Gasteiger partial charge in [0.2, 0.25) is 0 Å². The number of carbonyl (C=O) groups excluding carboxylic acids is 1. The molecule has 0 atom stereocenters. The van der Waals surface area contributed by atoms with Crippen LogP contribution in [0.25, 0.3) is 0 Å². The number of rotatable bonds is 8. The van der Waals surface area contributed by atoms with Crippen LogP contribution in [0.15, 0.2) is 36.7 Å². The number of benzene rings is 1. The number of hydrogen-bond acceptors (Lipinski definition) is 4. The zero-order valence-corrected chi connectivity index (χ0v) is 14.8. The first-order chi connectivity index (χ1) is 11.5. The number of amides is 1. The average molecular weight is 347 g/mol. The number of nitrogens with one attached hydrogen (secondary N) is 2. The van der Waals surface area contributed by atoms with E-state index in [1.54, 1.807) is 6.20 Å². The summed E-state index contributed by atoms with van der Waals surface area (Å²) >= 11 is 5.86. The fourth-order valence-corrected chi connectivity index (χ4v) is 2.21. The minimum atomic E-state index is -0.184. The van der Waals surface area contributed by atoms with E-state index < -0.39 is 0 Å². The van der Waals surface area contributed by atoms with Crippen LogP contribution < -0.4 is 10.6 Å². The van der Waals surface area contributed by atoms with Crippen molar-refractivity contribution >= 4 is 23.3 Å². The monoisotopic (exact) mass is 346 g/mol. The largest absolute Gasteiger partial charge is 0.368 e. The number of anilines is 1. The highest BCUT2D eigenvalue weighted by Crippen LogP contribution is 2.10. The van der Waals surface area contributed by atoms with Crippen LogP contribution in [0.3, 0.4) is 0 Å². The molecule has 128 valence electrons. The van der Waals surface area contributed by atoms with E-state index in [2.05, 4.69) is 34.4 Å². The van der Waals surface area contributed by atoms with Gasteiger partial charge in [0.1, 0.15) is 11.5 Å². The standard InChI is InChI=1S/C18H23ClN4O/c1-13(2)7-9-21-18(24)16-11-23-17(12-22-16)20-10-8-14-3-5-15(19)6-4-14/h3-6,11-13H,7-10H2,1-2H3,(H,20,23)(H,21,24). The molecule has 1 amide bonds. The topological polar surface area (TPSA) is 66.9 Å². The third-order valence-electron chi connectivity index (χ3n) is 3.52. The molecule has 6 heteroatoms. The third kappa shape index (κ3) is 6.16. The predicted octanol–water partition coefficient (Wildman–Crippen LogP) is 3.56. The van der Waals surface area contributed by atoms with Crippen LogP contribution in [0.5, 0.6) is 0 Å². The van der Waals surface area contributed by atoms with Crippen LogP contribution in [0.1, 0.15) is 36.3 Å². The van der Waals surface area contributed by atoms with Crippen molar-refractivity contribution < 1.29 is 4.79 Å². The maximum absolute atomic E-state index is 11.9. The lowest BCUT2D eigenvalue weighted by Crippen LogP contribution is -2.26. The molecule has 0 saturated heterocycles. The number of hydrogen-bond donors (Lipinski definition) is 2. The van der Waals surface area contributed by atoms with Crippen LogP contribution in [0, 0.1) is 5.92 Å². The summed E-state index contributed by atoms with van der Waals surface area (Å²) < 4.78 is 0. The first kappa shape index (κ1) is 18.2. The molecule has 0 aliphatic carbocycles. The fourth-order valence-electron chi connectivity index (χ4n) is 2.09. The SMILES string of the molecule is CC(C)CCNC(=O)c1cnc(NCCc2ccc(Cl)cc2)cn1. The third-order valence-corrected chi connectivity index (χ3v) is 3.78. The van der Waals surface area contributed by atoms with E-state index in [4.69, 9.17) is 11.6 Å². The fraction of sp³-hybridized carbons (Fsp3) is 0.389. The van der Waals surface area contributed by atoms with Gasteiger partial charge in [-0.25, -0.2) is 9.97 Å². The maximum atomic E-state index is 11.9. The van der Waals surface area contributed by atoms with E-state index in [-0.39, 0.29) is 5.91 Å². The Labute approximate surface area is 147 Å². The molecule has 1 heterocycles. The predicted molar refractivity (Wildman–Crippen MR) is 97.5 cm³/mol. The number of nitrogens with zero attached hydrogens (tertiary/aromatic N) is 2. The van der Waals surface area contributed by atoms with Crippen molar-refractivity contribution in [2.75, 3.05) is 18.4 Å². The van der Waals surface area contributed by atoms with E-state index in [0.717, 1.165) is 24.4 Å². The molecule has 24 heavy (non-hydrogen) atoms. The summed E-state index contributed by atoms with van der Waals surface area (Å²) in [5.74, 6) is 1.03. The van der Waals surface area contributed by atoms with E-state index in [1.807, 2.05) is 24.3 Å². The summed E-state index contributed by atoms with van der Waals surface area (Å²) in [6.07, 6.45) is 4.88. The minimum absolute atomic E-state index is 0.184. The average Bonchev–Trinajstić information content (AvgIpc) is 2.57. The highest BCUT2D eigenvalue weighted by Gasteiger charge is 2.07. The highest BCUT2D eigenvalue weighted by atomic mass is 35.5. The summed E-state index contributed by atoms with van der Waals surface area (Å²) in [6.45, 7) is 5.63.